The molecule has 0 aromatic heterocycles. The van der Waals surface area contributed by atoms with E-state index < -0.39 is 0 Å². The van der Waals surface area contributed by atoms with Crippen molar-refractivity contribution in [2.75, 3.05) is 21.2 Å². The maximum absolute atomic E-state index is 12.3. The van der Waals surface area contributed by atoms with Crippen LogP contribution in [0.3, 0.4) is 0 Å². The minimum Gasteiger partial charge on any atom is -0.465 e. The molecule has 0 saturated carbocycles. The molecule has 3 nitrogen and oxygen atoms in total. The summed E-state index contributed by atoms with van der Waals surface area (Å²) in [7, 11) is 5.21. The summed E-state index contributed by atoms with van der Waals surface area (Å²) < 4.78 is 4.98. The van der Waals surface area contributed by atoms with Gasteiger partial charge >= 0.3 is 5.97 Å². The normalized spacial score (nSPS) is 11.3. The zero-order valence-electron chi connectivity index (χ0n) is 15.5. The van der Waals surface area contributed by atoms with E-state index in [0.29, 0.717) is 5.57 Å². The Kier molecular flexibility index (Phi) is 6.71. The number of aryl methyl sites for hydroxylation is 2. The van der Waals surface area contributed by atoms with Gasteiger partial charge in [0.05, 0.1) is 12.7 Å². The van der Waals surface area contributed by atoms with E-state index in [-0.39, 0.29) is 5.97 Å². The number of hydrogen-bond donors (Lipinski definition) is 0. The third-order valence-corrected chi connectivity index (χ3v) is 5.09. The van der Waals surface area contributed by atoms with Crippen molar-refractivity contribution in [3.8, 4) is 0 Å². The van der Waals surface area contributed by atoms with Crippen molar-refractivity contribution in [3.05, 3.63) is 70.9 Å². The quantitative estimate of drug-likeness (QED) is 0.428. The predicted octanol–water partition coefficient (Wildman–Crippen LogP) is 4.67. The lowest BCUT2D eigenvalue weighted by molar-refractivity contribution is -0.133. The number of thioether (sulfide) groups is 1. The fraction of sp³-hybridized carbons (Fsp3) is 0.286. The number of nitrogens with zero attached hydrogens (tertiary/aromatic N) is 1. The minimum absolute atomic E-state index is 0.325. The highest BCUT2D eigenvalue weighted by Gasteiger charge is 2.17. The summed E-state index contributed by atoms with van der Waals surface area (Å²) in [6.07, 6.45) is 1.81. The van der Waals surface area contributed by atoms with Gasteiger partial charge in [-0.05, 0) is 36.6 Å². The Morgan fingerprint density at radius 3 is 2.32 bits per heavy atom. The van der Waals surface area contributed by atoms with Gasteiger partial charge in [0, 0.05) is 36.5 Å². The van der Waals surface area contributed by atoms with Gasteiger partial charge in [0.15, 0.2) is 0 Å². The summed E-state index contributed by atoms with van der Waals surface area (Å²) >= 11 is 1.74. The highest BCUT2D eigenvalue weighted by Crippen LogP contribution is 2.32. The Labute approximate surface area is 154 Å². The van der Waals surface area contributed by atoms with E-state index in [1.807, 2.05) is 43.4 Å². The summed E-state index contributed by atoms with van der Waals surface area (Å²) in [6, 6.07) is 14.3. The van der Waals surface area contributed by atoms with Gasteiger partial charge in [-0.3, -0.25) is 0 Å². The topological polar surface area (TPSA) is 29.5 Å². The van der Waals surface area contributed by atoms with E-state index in [0.717, 1.165) is 16.2 Å². The fourth-order valence-corrected chi connectivity index (χ4v) is 3.91. The fourth-order valence-electron chi connectivity index (χ4n) is 2.64. The maximum atomic E-state index is 12.3. The van der Waals surface area contributed by atoms with Crippen molar-refractivity contribution in [2.24, 2.45) is 0 Å². The van der Waals surface area contributed by atoms with Crippen LogP contribution < -0.4 is 0 Å². The van der Waals surface area contributed by atoms with Gasteiger partial charge in [-0.25, -0.2) is 4.79 Å². The number of esters is 1. The average molecular weight is 356 g/mol. The van der Waals surface area contributed by atoms with E-state index in [2.05, 4.69) is 38.1 Å². The molecular formula is C21H25NO2S. The molecule has 0 aliphatic carbocycles. The first-order valence-corrected chi connectivity index (χ1v) is 9.16. The lowest BCUT2D eigenvalue weighted by Crippen LogP contribution is -2.10. The zero-order valence-corrected chi connectivity index (χ0v) is 16.3. The molecule has 0 unspecified atom stereocenters. The van der Waals surface area contributed by atoms with Crippen molar-refractivity contribution in [1.29, 1.82) is 0 Å². The number of ether oxygens (including phenoxy) is 1. The highest BCUT2D eigenvalue weighted by atomic mass is 32.2. The Morgan fingerprint density at radius 2 is 1.72 bits per heavy atom. The standard InChI is InChI=1S/C21H25NO2S/c1-15-9-8-10-16(2)19(15)14-25-20-12-7-6-11-17(20)18(13-22(3)4)21(23)24-5/h6-13H,14H2,1-5H3/b18-13+. The summed E-state index contributed by atoms with van der Waals surface area (Å²) in [5.74, 6) is 0.542. The molecule has 2 aromatic carbocycles. The second-order valence-corrected chi connectivity index (χ2v) is 7.17. The second kappa shape index (κ2) is 8.77. The predicted molar refractivity (Wildman–Crippen MR) is 106 cm³/mol. The first kappa shape index (κ1) is 19.1. The minimum atomic E-state index is -0.325. The Balaban J connectivity index is 2.36. The molecule has 0 saturated heterocycles. The molecular weight excluding hydrogens is 330 g/mol. The van der Waals surface area contributed by atoms with E-state index in [1.54, 1.807) is 11.8 Å². The molecule has 4 heteroatoms. The van der Waals surface area contributed by atoms with Gasteiger partial charge in [0.25, 0.3) is 0 Å². The van der Waals surface area contributed by atoms with E-state index >= 15 is 0 Å². The SMILES string of the molecule is COC(=O)/C(=C/N(C)C)c1ccccc1SCc1c(C)cccc1C. The summed E-state index contributed by atoms with van der Waals surface area (Å²) in [4.78, 5) is 15.2. The van der Waals surface area contributed by atoms with Gasteiger partial charge < -0.3 is 9.64 Å². The number of benzene rings is 2. The Bertz CT molecular complexity index is 761. The molecule has 0 N–H and O–H groups in total. The Hall–Kier alpha value is -2.20. The molecule has 0 atom stereocenters. The van der Waals surface area contributed by atoms with Crippen molar-refractivity contribution < 1.29 is 9.53 Å². The smallest absolute Gasteiger partial charge is 0.339 e. The van der Waals surface area contributed by atoms with Crippen molar-refractivity contribution in [3.63, 3.8) is 0 Å². The monoisotopic (exact) mass is 355 g/mol. The summed E-state index contributed by atoms with van der Waals surface area (Å²) in [5, 5.41) is 0. The van der Waals surface area contributed by atoms with E-state index in [9.17, 15) is 4.79 Å². The van der Waals surface area contributed by atoms with Crippen molar-refractivity contribution >= 4 is 23.3 Å². The van der Waals surface area contributed by atoms with Crippen LogP contribution in [0.4, 0.5) is 0 Å². The number of methoxy groups -OCH3 is 1. The maximum Gasteiger partial charge on any atom is 0.339 e. The van der Waals surface area contributed by atoms with Crippen LogP contribution in [-0.4, -0.2) is 32.1 Å². The molecule has 0 fully saturated rings. The molecule has 0 radical (unpaired) electrons. The lowest BCUT2D eigenvalue weighted by Gasteiger charge is -2.15. The zero-order chi connectivity index (χ0) is 18.4. The number of rotatable bonds is 6. The van der Waals surface area contributed by atoms with Crippen molar-refractivity contribution in [2.45, 2.75) is 24.5 Å². The number of carbonyl (C=O) groups is 1. The van der Waals surface area contributed by atoms with Crippen LogP contribution in [0.5, 0.6) is 0 Å². The van der Waals surface area contributed by atoms with Crippen LogP contribution in [0, 0.1) is 13.8 Å². The van der Waals surface area contributed by atoms with Crippen LogP contribution in [0.2, 0.25) is 0 Å². The molecule has 2 aromatic rings. The van der Waals surface area contributed by atoms with Gasteiger partial charge in [-0.1, -0.05) is 36.4 Å². The molecule has 0 amide bonds. The molecule has 132 valence electrons. The first-order chi connectivity index (χ1) is 11.9. The Morgan fingerprint density at radius 1 is 1.08 bits per heavy atom. The van der Waals surface area contributed by atoms with E-state index in [1.165, 1.54) is 23.8 Å². The third-order valence-electron chi connectivity index (χ3n) is 3.99. The number of hydrogen-bond acceptors (Lipinski definition) is 4. The molecule has 0 bridgehead atoms. The molecule has 0 aliphatic heterocycles. The molecule has 0 spiro atoms. The van der Waals surface area contributed by atoms with Crippen LogP contribution in [0.1, 0.15) is 22.3 Å². The van der Waals surface area contributed by atoms with Crippen LogP contribution in [-0.2, 0) is 15.3 Å². The largest absolute Gasteiger partial charge is 0.465 e. The van der Waals surface area contributed by atoms with Gasteiger partial charge in [0.1, 0.15) is 0 Å². The second-order valence-electron chi connectivity index (χ2n) is 6.15. The van der Waals surface area contributed by atoms with E-state index in [4.69, 9.17) is 4.74 Å². The lowest BCUT2D eigenvalue weighted by atomic mass is 10.1. The highest BCUT2D eigenvalue weighted by molar-refractivity contribution is 7.98. The average Bonchev–Trinajstić information content (AvgIpc) is 2.59. The van der Waals surface area contributed by atoms with Gasteiger partial charge in [-0.2, -0.15) is 0 Å². The molecule has 2 rings (SSSR count). The van der Waals surface area contributed by atoms with Gasteiger partial charge in [-0.15, -0.1) is 11.8 Å². The van der Waals surface area contributed by atoms with Crippen molar-refractivity contribution in [1.82, 2.24) is 4.90 Å². The van der Waals surface area contributed by atoms with Gasteiger partial charge in [0.2, 0.25) is 0 Å². The first-order valence-electron chi connectivity index (χ1n) is 8.18. The molecule has 25 heavy (non-hydrogen) atoms. The summed E-state index contributed by atoms with van der Waals surface area (Å²) in [6.45, 7) is 4.28. The van der Waals surface area contributed by atoms with Crippen LogP contribution in [0.25, 0.3) is 5.57 Å². The molecule has 0 heterocycles. The summed E-state index contributed by atoms with van der Waals surface area (Å²) in [5.41, 5.74) is 5.40. The third kappa shape index (κ3) is 4.89. The molecule has 0 aliphatic rings. The number of carbonyl (C=O) groups excluding carboxylic acids is 1. The van der Waals surface area contributed by atoms with Crippen LogP contribution in [0.15, 0.2) is 53.6 Å². The van der Waals surface area contributed by atoms with Crippen LogP contribution >= 0.6 is 11.8 Å².